The largest absolute Gasteiger partial charge is 0.319 e. The van der Waals surface area contributed by atoms with Crippen molar-refractivity contribution in [2.24, 2.45) is 17.0 Å². The third-order valence-electron chi connectivity index (χ3n) is 6.51. The third kappa shape index (κ3) is 4.55. The molecular weight excluding hydrogens is 387 g/mol. The molecule has 3 unspecified atom stereocenters. The van der Waals surface area contributed by atoms with E-state index in [1.54, 1.807) is 6.07 Å². The summed E-state index contributed by atoms with van der Waals surface area (Å²) in [7, 11) is -1.74. The highest BCUT2D eigenvalue weighted by Gasteiger charge is 2.39. The molecule has 2 aliphatic carbocycles. The number of rotatable bonds is 8. The molecule has 3 atom stereocenters. The summed E-state index contributed by atoms with van der Waals surface area (Å²) in [6.45, 7) is 0.866. The van der Waals surface area contributed by atoms with Gasteiger partial charge in [0.2, 0.25) is 10.0 Å². The molecule has 0 aromatic heterocycles. The lowest BCUT2D eigenvalue weighted by Crippen LogP contribution is -2.32. The Kier molecular flexibility index (Phi) is 5.78. The van der Waals surface area contributed by atoms with Crippen LogP contribution in [0.5, 0.6) is 0 Å². The quantitative estimate of drug-likeness (QED) is 0.694. The summed E-state index contributed by atoms with van der Waals surface area (Å²) in [5.41, 5.74) is 3.95. The number of sulfonamides is 1. The molecule has 2 aromatic rings. The van der Waals surface area contributed by atoms with E-state index >= 15 is 0 Å². The minimum atomic E-state index is -3.69. The van der Waals surface area contributed by atoms with Crippen molar-refractivity contribution in [2.75, 3.05) is 13.6 Å². The molecule has 3 N–H and O–H groups in total. The minimum absolute atomic E-state index is 0.0646. The van der Waals surface area contributed by atoms with Gasteiger partial charge in [-0.05, 0) is 91.8 Å². The first-order valence-electron chi connectivity index (χ1n) is 10.4. The molecule has 29 heavy (non-hydrogen) atoms. The summed E-state index contributed by atoms with van der Waals surface area (Å²) in [4.78, 5) is 0. The molecule has 0 radical (unpaired) electrons. The molecule has 2 aliphatic rings. The van der Waals surface area contributed by atoms with Crippen molar-refractivity contribution in [3.05, 3.63) is 70.5 Å². The molecule has 6 heteroatoms. The van der Waals surface area contributed by atoms with E-state index in [9.17, 15) is 12.8 Å². The second-order valence-electron chi connectivity index (χ2n) is 8.63. The lowest BCUT2D eigenvalue weighted by molar-refractivity contribution is 0.436. The molecule has 1 saturated carbocycles. The molecule has 0 bridgehead atoms. The van der Waals surface area contributed by atoms with E-state index < -0.39 is 15.3 Å². The van der Waals surface area contributed by atoms with Gasteiger partial charge >= 0.3 is 0 Å². The van der Waals surface area contributed by atoms with E-state index in [0.29, 0.717) is 11.5 Å². The van der Waals surface area contributed by atoms with Gasteiger partial charge in [-0.25, -0.2) is 17.9 Å². The number of hydrogen-bond acceptors (Lipinski definition) is 3. The number of halogens is 1. The Morgan fingerprint density at radius 1 is 1.21 bits per heavy atom. The fourth-order valence-electron chi connectivity index (χ4n) is 4.89. The van der Waals surface area contributed by atoms with E-state index in [4.69, 9.17) is 5.14 Å². The van der Waals surface area contributed by atoms with Gasteiger partial charge in [0.25, 0.3) is 0 Å². The van der Waals surface area contributed by atoms with Crippen molar-refractivity contribution < 1.29 is 12.8 Å². The zero-order valence-electron chi connectivity index (χ0n) is 16.8. The summed E-state index contributed by atoms with van der Waals surface area (Å²) >= 11 is 0. The molecule has 0 amide bonds. The zero-order valence-corrected chi connectivity index (χ0v) is 17.6. The van der Waals surface area contributed by atoms with Crippen molar-refractivity contribution in [1.29, 1.82) is 0 Å². The SMILES string of the molecule is CNCC1Cc2cc(F)c(CC(C3CC3)S(N)(=O)=O)cc2C1Cc1ccccc1. The summed E-state index contributed by atoms with van der Waals surface area (Å²) in [5.74, 6) is 0.437. The average molecular weight is 417 g/mol. The van der Waals surface area contributed by atoms with Crippen molar-refractivity contribution >= 4 is 10.0 Å². The number of nitrogens with two attached hydrogens (primary N) is 1. The van der Waals surface area contributed by atoms with Gasteiger partial charge in [0.15, 0.2) is 0 Å². The fraction of sp³-hybridized carbons (Fsp3) is 0.478. The van der Waals surface area contributed by atoms with Crippen LogP contribution in [-0.2, 0) is 29.3 Å². The molecule has 0 spiro atoms. The Bertz CT molecular complexity index is 974. The fourth-order valence-corrected chi connectivity index (χ4v) is 6.11. The van der Waals surface area contributed by atoms with Crippen LogP contribution in [0.2, 0.25) is 0 Å². The first kappa shape index (κ1) is 20.5. The first-order valence-corrected chi connectivity index (χ1v) is 12.0. The molecule has 0 heterocycles. The number of fused-ring (bicyclic) bond motifs is 1. The standard InChI is InChI=1S/C23H29FN2O2S/c1-26-14-19-10-17-12-22(24)18(13-23(16-7-8-16)29(25,27)28)11-21(17)20(19)9-15-5-3-2-4-6-15/h2-6,11-12,16,19-20,23,26H,7-10,13-14H2,1H3,(H2,25,27,28). The maximum atomic E-state index is 14.9. The van der Waals surface area contributed by atoms with Crippen LogP contribution in [0.4, 0.5) is 4.39 Å². The topological polar surface area (TPSA) is 72.2 Å². The van der Waals surface area contributed by atoms with Crippen molar-refractivity contribution in [2.45, 2.75) is 43.3 Å². The van der Waals surface area contributed by atoms with Crippen molar-refractivity contribution in [3.63, 3.8) is 0 Å². The summed E-state index contributed by atoms with van der Waals surface area (Å²) in [6.07, 6.45) is 3.61. The maximum absolute atomic E-state index is 14.9. The van der Waals surface area contributed by atoms with Gasteiger partial charge in [-0.3, -0.25) is 0 Å². The Labute approximate surface area is 172 Å². The van der Waals surface area contributed by atoms with Crippen LogP contribution in [0.3, 0.4) is 0 Å². The van der Waals surface area contributed by atoms with E-state index in [-0.39, 0.29) is 24.1 Å². The Balaban J connectivity index is 1.66. The van der Waals surface area contributed by atoms with Crippen LogP contribution >= 0.6 is 0 Å². The normalized spacial score (nSPS) is 22.4. The molecule has 1 fully saturated rings. The molecule has 2 aromatic carbocycles. The maximum Gasteiger partial charge on any atom is 0.212 e. The number of primary sulfonamides is 1. The molecule has 4 nitrogen and oxygen atoms in total. The Morgan fingerprint density at radius 3 is 2.55 bits per heavy atom. The van der Waals surface area contributed by atoms with Crippen LogP contribution in [-0.4, -0.2) is 27.3 Å². The highest BCUT2D eigenvalue weighted by Crippen LogP contribution is 2.42. The smallest absolute Gasteiger partial charge is 0.212 e. The van der Waals surface area contributed by atoms with Crippen LogP contribution in [0.1, 0.15) is 41.0 Å². The lowest BCUT2D eigenvalue weighted by Gasteiger charge is -2.21. The monoisotopic (exact) mass is 416 g/mol. The van der Waals surface area contributed by atoms with Crippen molar-refractivity contribution in [1.82, 2.24) is 5.32 Å². The van der Waals surface area contributed by atoms with Crippen LogP contribution in [0.15, 0.2) is 42.5 Å². The van der Waals surface area contributed by atoms with Gasteiger partial charge in [-0.15, -0.1) is 0 Å². The van der Waals surface area contributed by atoms with Gasteiger partial charge in [-0.1, -0.05) is 36.4 Å². The summed E-state index contributed by atoms with van der Waals surface area (Å²) in [5, 5.41) is 8.06. The minimum Gasteiger partial charge on any atom is -0.319 e. The van der Waals surface area contributed by atoms with Crippen LogP contribution in [0.25, 0.3) is 0 Å². The third-order valence-corrected chi connectivity index (χ3v) is 7.91. The van der Waals surface area contributed by atoms with Gasteiger partial charge in [-0.2, -0.15) is 0 Å². The van der Waals surface area contributed by atoms with E-state index in [0.717, 1.165) is 43.4 Å². The first-order chi connectivity index (χ1) is 13.9. The second kappa shape index (κ2) is 8.17. The molecule has 4 rings (SSSR count). The highest BCUT2D eigenvalue weighted by atomic mass is 32.2. The van der Waals surface area contributed by atoms with Gasteiger partial charge in [0, 0.05) is 0 Å². The Morgan fingerprint density at radius 2 is 1.93 bits per heavy atom. The number of nitrogens with one attached hydrogen (secondary N) is 1. The molecule has 0 aliphatic heterocycles. The molecule has 0 saturated heterocycles. The zero-order chi connectivity index (χ0) is 20.6. The molecular formula is C23H29FN2O2S. The van der Waals surface area contributed by atoms with Gasteiger partial charge < -0.3 is 5.32 Å². The van der Waals surface area contributed by atoms with Crippen LogP contribution < -0.4 is 10.5 Å². The van der Waals surface area contributed by atoms with Crippen LogP contribution in [0, 0.1) is 17.7 Å². The van der Waals surface area contributed by atoms with E-state index in [1.807, 2.05) is 31.3 Å². The van der Waals surface area contributed by atoms with E-state index in [1.165, 1.54) is 5.56 Å². The predicted molar refractivity (Wildman–Crippen MR) is 114 cm³/mol. The summed E-state index contributed by atoms with van der Waals surface area (Å²) in [6, 6.07) is 13.9. The molecule has 156 valence electrons. The summed E-state index contributed by atoms with van der Waals surface area (Å²) < 4.78 is 39.0. The average Bonchev–Trinajstić information content (AvgIpc) is 3.45. The second-order valence-corrected chi connectivity index (χ2v) is 10.4. The van der Waals surface area contributed by atoms with Gasteiger partial charge in [0.1, 0.15) is 5.82 Å². The number of hydrogen-bond donors (Lipinski definition) is 2. The van der Waals surface area contributed by atoms with E-state index in [2.05, 4.69) is 17.4 Å². The number of benzene rings is 2. The highest BCUT2D eigenvalue weighted by molar-refractivity contribution is 7.89. The lowest BCUT2D eigenvalue weighted by atomic mass is 9.86. The van der Waals surface area contributed by atoms with Crippen molar-refractivity contribution in [3.8, 4) is 0 Å². The Hall–Kier alpha value is -1.76. The predicted octanol–water partition coefficient (Wildman–Crippen LogP) is 3.15. The van der Waals surface area contributed by atoms with Gasteiger partial charge in [0.05, 0.1) is 5.25 Å².